The number of benzene rings is 2. The standard InChI is InChI=1S/C23H23N3O2/c1-26(2)18-7-5-6-15(10-18)17-11-19-20(14-25-23(19)24-13-17)16-8-9-21(27-3)22(12-16)28-4/h5-14H,1-4H3,(H,24,25). The third kappa shape index (κ3) is 3.16. The summed E-state index contributed by atoms with van der Waals surface area (Å²) in [6.07, 6.45) is 3.89. The average Bonchev–Trinajstić information content (AvgIpc) is 3.16. The fraction of sp³-hybridized carbons (Fsp3) is 0.174. The number of aromatic amines is 1. The lowest BCUT2D eigenvalue weighted by Crippen LogP contribution is -2.08. The van der Waals surface area contributed by atoms with Gasteiger partial charge in [-0.15, -0.1) is 0 Å². The molecule has 5 nitrogen and oxygen atoms in total. The van der Waals surface area contributed by atoms with Gasteiger partial charge in [0.2, 0.25) is 0 Å². The molecule has 0 fully saturated rings. The number of nitrogens with one attached hydrogen (secondary N) is 1. The number of fused-ring (bicyclic) bond motifs is 1. The van der Waals surface area contributed by atoms with E-state index in [9.17, 15) is 0 Å². The van der Waals surface area contributed by atoms with Gasteiger partial charge in [-0.25, -0.2) is 4.98 Å². The van der Waals surface area contributed by atoms with Gasteiger partial charge in [-0.1, -0.05) is 18.2 Å². The van der Waals surface area contributed by atoms with Gasteiger partial charge in [-0.2, -0.15) is 0 Å². The molecule has 2 aromatic heterocycles. The fourth-order valence-corrected chi connectivity index (χ4v) is 3.37. The van der Waals surface area contributed by atoms with E-state index in [-0.39, 0.29) is 0 Å². The Bertz CT molecular complexity index is 1130. The van der Waals surface area contributed by atoms with Crippen LogP contribution in [0.4, 0.5) is 5.69 Å². The van der Waals surface area contributed by atoms with Crippen molar-refractivity contribution in [1.29, 1.82) is 0 Å². The summed E-state index contributed by atoms with van der Waals surface area (Å²) in [5.74, 6) is 1.42. The molecule has 0 unspecified atom stereocenters. The first kappa shape index (κ1) is 17.9. The second kappa shape index (κ2) is 7.27. The van der Waals surface area contributed by atoms with Gasteiger partial charge in [0.05, 0.1) is 14.2 Å². The van der Waals surface area contributed by atoms with E-state index < -0.39 is 0 Å². The van der Waals surface area contributed by atoms with E-state index in [1.165, 1.54) is 0 Å². The van der Waals surface area contributed by atoms with E-state index in [1.54, 1.807) is 14.2 Å². The Balaban J connectivity index is 1.82. The predicted molar refractivity (Wildman–Crippen MR) is 114 cm³/mol. The van der Waals surface area contributed by atoms with Gasteiger partial charge in [0.1, 0.15) is 5.65 Å². The van der Waals surface area contributed by atoms with Crippen molar-refractivity contribution in [1.82, 2.24) is 9.97 Å². The second-order valence-corrected chi connectivity index (χ2v) is 6.84. The van der Waals surface area contributed by atoms with Crippen LogP contribution >= 0.6 is 0 Å². The third-order valence-corrected chi connectivity index (χ3v) is 4.92. The zero-order chi connectivity index (χ0) is 19.7. The van der Waals surface area contributed by atoms with E-state index >= 15 is 0 Å². The first-order valence-electron chi connectivity index (χ1n) is 9.08. The van der Waals surface area contributed by atoms with E-state index in [2.05, 4.69) is 45.2 Å². The highest BCUT2D eigenvalue weighted by Gasteiger charge is 2.12. The number of hydrogen-bond acceptors (Lipinski definition) is 4. The molecule has 0 spiro atoms. The van der Waals surface area contributed by atoms with E-state index in [0.717, 1.165) is 39.0 Å². The molecule has 142 valence electrons. The Labute approximate surface area is 164 Å². The molecule has 0 amide bonds. The van der Waals surface area contributed by atoms with Crippen molar-refractivity contribution in [2.45, 2.75) is 0 Å². The average molecular weight is 373 g/mol. The van der Waals surface area contributed by atoms with Crippen molar-refractivity contribution in [3.63, 3.8) is 0 Å². The summed E-state index contributed by atoms with van der Waals surface area (Å²) < 4.78 is 10.8. The van der Waals surface area contributed by atoms with E-state index in [4.69, 9.17) is 9.47 Å². The van der Waals surface area contributed by atoms with Crippen molar-refractivity contribution in [2.24, 2.45) is 0 Å². The number of rotatable bonds is 5. The molecule has 2 heterocycles. The maximum atomic E-state index is 5.46. The SMILES string of the molecule is COc1ccc(-c2c[nH]c3ncc(-c4cccc(N(C)C)c4)cc23)cc1OC. The topological polar surface area (TPSA) is 50.4 Å². The molecule has 0 aliphatic carbocycles. The molecule has 4 rings (SSSR count). The minimum atomic E-state index is 0.706. The van der Waals surface area contributed by atoms with Crippen LogP contribution < -0.4 is 14.4 Å². The Kier molecular flexibility index (Phi) is 4.65. The predicted octanol–water partition coefficient (Wildman–Crippen LogP) is 4.98. The van der Waals surface area contributed by atoms with Gasteiger partial charge in [0.15, 0.2) is 11.5 Å². The second-order valence-electron chi connectivity index (χ2n) is 6.84. The smallest absolute Gasteiger partial charge is 0.161 e. The lowest BCUT2D eigenvalue weighted by molar-refractivity contribution is 0.355. The minimum absolute atomic E-state index is 0.706. The molecule has 5 heteroatoms. The quantitative estimate of drug-likeness (QED) is 0.536. The molecule has 0 aliphatic heterocycles. The summed E-state index contributed by atoms with van der Waals surface area (Å²) in [6, 6.07) is 16.6. The highest BCUT2D eigenvalue weighted by Crippen LogP contribution is 2.36. The van der Waals surface area contributed by atoms with Crippen LogP contribution in [-0.2, 0) is 0 Å². The molecular formula is C23H23N3O2. The maximum Gasteiger partial charge on any atom is 0.161 e. The van der Waals surface area contributed by atoms with Gasteiger partial charge in [-0.3, -0.25) is 0 Å². The number of methoxy groups -OCH3 is 2. The number of hydrogen-bond donors (Lipinski definition) is 1. The van der Waals surface area contributed by atoms with Gasteiger partial charge >= 0.3 is 0 Å². The summed E-state index contributed by atoms with van der Waals surface area (Å²) in [5, 5.41) is 1.07. The summed E-state index contributed by atoms with van der Waals surface area (Å²) >= 11 is 0. The van der Waals surface area contributed by atoms with Crippen molar-refractivity contribution in [2.75, 3.05) is 33.2 Å². The normalized spacial score (nSPS) is 10.9. The highest BCUT2D eigenvalue weighted by atomic mass is 16.5. The number of pyridine rings is 1. The number of ether oxygens (including phenoxy) is 2. The molecule has 0 aliphatic rings. The molecule has 0 saturated carbocycles. The summed E-state index contributed by atoms with van der Waals surface area (Å²) in [5.41, 5.74) is 6.36. The first-order chi connectivity index (χ1) is 13.6. The largest absolute Gasteiger partial charge is 0.493 e. The van der Waals surface area contributed by atoms with Crippen molar-refractivity contribution < 1.29 is 9.47 Å². The third-order valence-electron chi connectivity index (χ3n) is 4.92. The van der Waals surface area contributed by atoms with Gasteiger partial charge in [-0.05, 0) is 41.5 Å². The summed E-state index contributed by atoms with van der Waals surface area (Å²) in [6.45, 7) is 0. The van der Waals surface area contributed by atoms with E-state index in [0.29, 0.717) is 11.5 Å². The molecule has 0 atom stereocenters. The van der Waals surface area contributed by atoms with Crippen LogP contribution in [0, 0.1) is 0 Å². The summed E-state index contributed by atoms with van der Waals surface area (Å²) in [7, 11) is 7.37. The number of anilines is 1. The molecule has 1 N–H and O–H groups in total. The Morgan fingerprint density at radius 2 is 1.68 bits per heavy atom. The molecule has 28 heavy (non-hydrogen) atoms. The highest BCUT2D eigenvalue weighted by molar-refractivity contribution is 5.96. The van der Waals surface area contributed by atoms with E-state index in [1.807, 2.05) is 44.7 Å². The van der Waals surface area contributed by atoms with Crippen molar-refractivity contribution in [3.8, 4) is 33.8 Å². The van der Waals surface area contributed by atoms with Gasteiger partial charge in [0, 0.05) is 48.7 Å². The monoisotopic (exact) mass is 373 g/mol. The molecule has 0 saturated heterocycles. The molecule has 2 aromatic carbocycles. The number of nitrogens with zero attached hydrogens (tertiary/aromatic N) is 2. The van der Waals surface area contributed by atoms with Crippen molar-refractivity contribution >= 4 is 16.7 Å². The number of aromatic nitrogens is 2. The molecule has 0 radical (unpaired) electrons. The minimum Gasteiger partial charge on any atom is -0.493 e. The Morgan fingerprint density at radius 1 is 0.857 bits per heavy atom. The number of H-pyrrole nitrogens is 1. The zero-order valence-electron chi connectivity index (χ0n) is 16.5. The van der Waals surface area contributed by atoms with Crippen LogP contribution in [0.25, 0.3) is 33.3 Å². The van der Waals surface area contributed by atoms with Gasteiger partial charge in [0.25, 0.3) is 0 Å². The molecule has 4 aromatic rings. The molecule has 0 bridgehead atoms. The Hall–Kier alpha value is -3.47. The van der Waals surface area contributed by atoms with Crippen LogP contribution in [0.2, 0.25) is 0 Å². The first-order valence-corrected chi connectivity index (χ1v) is 9.08. The van der Waals surface area contributed by atoms with Crippen LogP contribution in [0.3, 0.4) is 0 Å². The van der Waals surface area contributed by atoms with Crippen LogP contribution in [0.15, 0.2) is 60.9 Å². The van der Waals surface area contributed by atoms with Crippen molar-refractivity contribution in [3.05, 3.63) is 60.9 Å². The Morgan fingerprint density at radius 3 is 2.43 bits per heavy atom. The lowest BCUT2D eigenvalue weighted by Gasteiger charge is -2.13. The maximum absolute atomic E-state index is 5.46. The molecular weight excluding hydrogens is 350 g/mol. The fourth-order valence-electron chi connectivity index (χ4n) is 3.37. The zero-order valence-corrected chi connectivity index (χ0v) is 16.5. The summed E-state index contributed by atoms with van der Waals surface area (Å²) in [4.78, 5) is 10.00. The van der Waals surface area contributed by atoms with Crippen LogP contribution in [0.1, 0.15) is 0 Å². The van der Waals surface area contributed by atoms with Crippen LogP contribution in [-0.4, -0.2) is 38.3 Å². The van der Waals surface area contributed by atoms with Crippen LogP contribution in [0.5, 0.6) is 11.5 Å². The van der Waals surface area contributed by atoms with Gasteiger partial charge < -0.3 is 19.4 Å². The lowest BCUT2D eigenvalue weighted by atomic mass is 10.0.